The molecule has 2 unspecified atom stereocenters. The molecule has 0 aromatic heterocycles. The van der Waals surface area contributed by atoms with Crippen LogP contribution >= 0.6 is 23.2 Å². The summed E-state index contributed by atoms with van der Waals surface area (Å²) < 4.78 is 12.4. The van der Waals surface area contributed by atoms with Gasteiger partial charge in [-0.2, -0.15) is 0 Å². The first kappa shape index (κ1) is 22.3. The third kappa shape index (κ3) is 5.53. The summed E-state index contributed by atoms with van der Waals surface area (Å²) >= 11 is 12.1. The van der Waals surface area contributed by atoms with Crippen LogP contribution in [0.25, 0.3) is 0 Å². The Morgan fingerprint density at radius 2 is 1.58 bits per heavy atom. The zero-order chi connectivity index (χ0) is 22.6. The monoisotopic (exact) mass is 480 g/mol. The van der Waals surface area contributed by atoms with Gasteiger partial charge in [-0.1, -0.05) is 71.7 Å². The minimum absolute atomic E-state index is 0.0917. The second-order valence-corrected chi connectivity index (χ2v) is 9.33. The van der Waals surface area contributed by atoms with Crippen LogP contribution < -0.4 is 0 Å². The summed E-state index contributed by atoms with van der Waals surface area (Å²) in [7, 11) is 0. The van der Waals surface area contributed by atoms with E-state index in [0.717, 1.165) is 40.9 Å². The SMILES string of the molecule is Clc1ccc(COC(CN2C=CN(CC3OCc4ccccc43)C2)c2ccc(Cl)cc2)cc1. The van der Waals surface area contributed by atoms with Crippen LogP contribution in [0.4, 0.5) is 0 Å². The van der Waals surface area contributed by atoms with E-state index in [1.807, 2.05) is 48.5 Å². The summed E-state index contributed by atoms with van der Waals surface area (Å²) in [5, 5.41) is 1.45. The highest BCUT2D eigenvalue weighted by molar-refractivity contribution is 6.30. The maximum absolute atomic E-state index is 6.37. The molecule has 0 N–H and O–H groups in total. The predicted molar refractivity (Wildman–Crippen MR) is 132 cm³/mol. The number of fused-ring (bicyclic) bond motifs is 1. The molecule has 0 bridgehead atoms. The molecule has 0 radical (unpaired) electrons. The highest BCUT2D eigenvalue weighted by Gasteiger charge is 2.26. The number of hydrogen-bond donors (Lipinski definition) is 0. The van der Waals surface area contributed by atoms with Gasteiger partial charge in [0.15, 0.2) is 0 Å². The third-order valence-electron chi connectivity index (χ3n) is 6.10. The van der Waals surface area contributed by atoms with Crippen LogP contribution in [-0.4, -0.2) is 29.6 Å². The number of ether oxygens (including phenoxy) is 2. The molecule has 0 amide bonds. The molecule has 6 heteroatoms. The smallest absolute Gasteiger partial charge is 0.101 e. The van der Waals surface area contributed by atoms with Crippen molar-refractivity contribution in [1.29, 1.82) is 0 Å². The summed E-state index contributed by atoms with van der Waals surface area (Å²) in [6.45, 7) is 3.58. The van der Waals surface area contributed by atoms with E-state index in [1.165, 1.54) is 11.1 Å². The molecule has 0 spiro atoms. The lowest BCUT2D eigenvalue weighted by atomic mass is 10.1. The Morgan fingerprint density at radius 3 is 2.36 bits per heavy atom. The van der Waals surface area contributed by atoms with E-state index in [2.05, 4.69) is 46.5 Å². The molecule has 5 rings (SSSR count). The maximum Gasteiger partial charge on any atom is 0.101 e. The minimum atomic E-state index is -0.0917. The topological polar surface area (TPSA) is 24.9 Å². The van der Waals surface area contributed by atoms with Gasteiger partial charge in [0.1, 0.15) is 12.2 Å². The first-order valence-corrected chi connectivity index (χ1v) is 11.9. The quantitative estimate of drug-likeness (QED) is 0.363. The highest BCUT2D eigenvalue weighted by atomic mass is 35.5. The van der Waals surface area contributed by atoms with Crippen LogP contribution in [0.1, 0.15) is 34.5 Å². The summed E-state index contributed by atoms with van der Waals surface area (Å²) in [4.78, 5) is 4.58. The van der Waals surface area contributed by atoms with Gasteiger partial charge in [0, 0.05) is 35.5 Å². The van der Waals surface area contributed by atoms with E-state index >= 15 is 0 Å². The van der Waals surface area contributed by atoms with Crippen molar-refractivity contribution in [2.24, 2.45) is 0 Å². The van der Waals surface area contributed by atoms with E-state index in [1.54, 1.807) is 0 Å². The molecule has 2 atom stereocenters. The zero-order valence-corrected chi connectivity index (χ0v) is 19.8. The lowest BCUT2D eigenvalue weighted by molar-refractivity contribution is 0.0137. The van der Waals surface area contributed by atoms with E-state index in [4.69, 9.17) is 32.7 Å². The molecule has 4 nitrogen and oxygen atoms in total. The molecule has 170 valence electrons. The lowest BCUT2D eigenvalue weighted by Crippen LogP contribution is -2.31. The maximum atomic E-state index is 6.37. The standard InChI is InChI=1S/C27H26Cl2N2O2/c28-23-9-5-20(6-10-23)17-32-26(21-7-11-24(29)12-8-21)15-30-13-14-31(19-30)16-27-25-4-2-1-3-22(25)18-33-27/h1-14,26-27H,15-19H2. The van der Waals surface area contributed by atoms with E-state index < -0.39 is 0 Å². The average Bonchev–Trinajstić information content (AvgIpc) is 3.45. The van der Waals surface area contributed by atoms with E-state index in [0.29, 0.717) is 13.2 Å². The molecule has 0 aliphatic carbocycles. The van der Waals surface area contributed by atoms with Crippen molar-refractivity contribution in [3.8, 4) is 0 Å². The van der Waals surface area contributed by atoms with Crippen molar-refractivity contribution in [1.82, 2.24) is 9.80 Å². The molecule has 0 saturated carbocycles. The van der Waals surface area contributed by atoms with Crippen molar-refractivity contribution < 1.29 is 9.47 Å². The van der Waals surface area contributed by atoms with Gasteiger partial charge >= 0.3 is 0 Å². The molecule has 2 aliphatic heterocycles. The van der Waals surface area contributed by atoms with Crippen LogP contribution in [0, 0.1) is 0 Å². The first-order chi connectivity index (χ1) is 16.1. The Bertz CT molecular complexity index is 1100. The molecular formula is C27H26Cl2N2O2. The van der Waals surface area contributed by atoms with Crippen molar-refractivity contribution in [3.05, 3.63) is 117 Å². The van der Waals surface area contributed by atoms with Gasteiger partial charge in [-0.15, -0.1) is 0 Å². The van der Waals surface area contributed by atoms with Crippen molar-refractivity contribution in [3.63, 3.8) is 0 Å². The minimum Gasteiger partial charge on any atom is -0.367 e. The molecule has 2 aliphatic rings. The number of rotatable bonds is 8. The van der Waals surface area contributed by atoms with Crippen LogP contribution in [0.5, 0.6) is 0 Å². The Kier molecular flexibility index (Phi) is 6.88. The van der Waals surface area contributed by atoms with Crippen molar-refractivity contribution in [2.75, 3.05) is 19.8 Å². The van der Waals surface area contributed by atoms with Crippen LogP contribution in [0.3, 0.4) is 0 Å². The Morgan fingerprint density at radius 1 is 0.879 bits per heavy atom. The van der Waals surface area contributed by atoms with E-state index in [-0.39, 0.29) is 12.2 Å². The first-order valence-electron chi connectivity index (χ1n) is 11.1. The predicted octanol–water partition coefficient (Wildman–Crippen LogP) is 6.57. The summed E-state index contributed by atoms with van der Waals surface area (Å²) in [6.07, 6.45) is 4.29. The van der Waals surface area contributed by atoms with Gasteiger partial charge < -0.3 is 19.3 Å². The van der Waals surface area contributed by atoms with Gasteiger partial charge in [-0.25, -0.2) is 0 Å². The summed E-state index contributed by atoms with van der Waals surface area (Å²) in [5.74, 6) is 0. The van der Waals surface area contributed by atoms with Gasteiger partial charge in [-0.05, 0) is 46.5 Å². The van der Waals surface area contributed by atoms with Crippen molar-refractivity contribution in [2.45, 2.75) is 25.4 Å². The van der Waals surface area contributed by atoms with Gasteiger partial charge in [0.25, 0.3) is 0 Å². The highest BCUT2D eigenvalue weighted by Crippen LogP contribution is 2.32. The molecule has 3 aromatic rings. The van der Waals surface area contributed by atoms with Crippen LogP contribution in [0.2, 0.25) is 10.0 Å². The number of halogens is 2. The molecule has 0 fully saturated rings. The van der Waals surface area contributed by atoms with Crippen LogP contribution in [0.15, 0.2) is 85.2 Å². The van der Waals surface area contributed by atoms with Crippen molar-refractivity contribution >= 4 is 23.2 Å². The molecule has 3 aromatic carbocycles. The van der Waals surface area contributed by atoms with Gasteiger partial charge in [0.05, 0.1) is 19.9 Å². The molecule has 33 heavy (non-hydrogen) atoms. The largest absolute Gasteiger partial charge is 0.367 e. The van der Waals surface area contributed by atoms with Gasteiger partial charge in [-0.3, -0.25) is 0 Å². The number of nitrogens with zero attached hydrogens (tertiary/aromatic N) is 2. The van der Waals surface area contributed by atoms with Gasteiger partial charge in [0.2, 0.25) is 0 Å². The Labute approximate surface area is 204 Å². The number of benzene rings is 3. The molecule has 0 saturated heterocycles. The Hall–Kier alpha value is -2.50. The molecular weight excluding hydrogens is 455 g/mol. The zero-order valence-electron chi connectivity index (χ0n) is 18.2. The summed E-state index contributed by atoms with van der Waals surface area (Å²) in [5.41, 5.74) is 4.79. The normalized spacial score (nSPS) is 18.1. The summed E-state index contributed by atoms with van der Waals surface area (Å²) in [6, 6.07) is 24.2. The van der Waals surface area contributed by atoms with Crippen LogP contribution in [-0.2, 0) is 22.7 Å². The van der Waals surface area contributed by atoms with E-state index in [9.17, 15) is 0 Å². The molecule has 2 heterocycles. The second kappa shape index (κ2) is 10.2. The Balaban J connectivity index is 1.22. The fourth-order valence-corrected chi connectivity index (χ4v) is 4.55. The fourth-order valence-electron chi connectivity index (χ4n) is 4.30. The average molecular weight is 481 g/mol. The fraction of sp³-hybridized carbons (Fsp3) is 0.259. The number of hydrogen-bond acceptors (Lipinski definition) is 4. The second-order valence-electron chi connectivity index (χ2n) is 8.46. The third-order valence-corrected chi connectivity index (χ3v) is 6.60. The lowest BCUT2D eigenvalue weighted by Gasteiger charge is -2.27.